The van der Waals surface area contributed by atoms with Gasteiger partial charge >= 0.3 is 0 Å². The van der Waals surface area contributed by atoms with E-state index in [0.29, 0.717) is 4.83 Å². The standard InChI is InChI=1S/C14H18Br2/c1-10-3-2-4-13(10)14(16)9-11-5-7-12(15)8-6-11/h5-8,10,13-14H,2-4,9H2,1H3. The molecule has 1 saturated carbocycles. The van der Waals surface area contributed by atoms with Gasteiger partial charge < -0.3 is 0 Å². The van der Waals surface area contributed by atoms with Crippen LogP contribution in [0.15, 0.2) is 28.7 Å². The third-order valence-corrected chi connectivity index (χ3v) is 5.27. The normalized spacial score (nSPS) is 26.9. The Kier molecular flexibility index (Phi) is 4.48. The van der Waals surface area contributed by atoms with Gasteiger partial charge in [-0.05, 0) is 42.4 Å². The topological polar surface area (TPSA) is 0 Å². The number of halogens is 2. The molecule has 1 aliphatic carbocycles. The number of benzene rings is 1. The Morgan fingerprint density at radius 3 is 2.50 bits per heavy atom. The Balaban J connectivity index is 1.96. The van der Waals surface area contributed by atoms with Crippen LogP contribution in [0, 0.1) is 11.8 Å². The third-order valence-electron chi connectivity index (χ3n) is 3.74. The van der Waals surface area contributed by atoms with E-state index >= 15 is 0 Å². The molecule has 2 heteroatoms. The molecule has 0 bridgehead atoms. The van der Waals surface area contributed by atoms with Gasteiger partial charge in [-0.25, -0.2) is 0 Å². The SMILES string of the molecule is CC1CCCC1C(Br)Cc1ccc(Br)cc1. The highest BCUT2D eigenvalue weighted by atomic mass is 79.9. The van der Waals surface area contributed by atoms with E-state index in [1.165, 1.54) is 24.8 Å². The number of hydrogen-bond donors (Lipinski definition) is 0. The van der Waals surface area contributed by atoms with Crippen molar-refractivity contribution in [1.82, 2.24) is 0 Å². The molecule has 0 aromatic heterocycles. The van der Waals surface area contributed by atoms with Crippen LogP contribution in [0.3, 0.4) is 0 Å². The molecule has 0 amide bonds. The van der Waals surface area contributed by atoms with Gasteiger partial charge in [0.15, 0.2) is 0 Å². The maximum Gasteiger partial charge on any atom is 0.0216 e. The minimum atomic E-state index is 0.645. The van der Waals surface area contributed by atoms with Crippen LogP contribution >= 0.6 is 31.9 Å². The summed E-state index contributed by atoms with van der Waals surface area (Å²) in [5.74, 6) is 1.75. The second kappa shape index (κ2) is 5.68. The minimum Gasteiger partial charge on any atom is -0.0884 e. The third kappa shape index (κ3) is 3.10. The molecule has 0 heterocycles. The smallest absolute Gasteiger partial charge is 0.0216 e. The summed E-state index contributed by atoms with van der Waals surface area (Å²) in [4.78, 5) is 0.645. The van der Waals surface area contributed by atoms with Crippen molar-refractivity contribution in [3.63, 3.8) is 0 Å². The van der Waals surface area contributed by atoms with E-state index in [4.69, 9.17) is 0 Å². The Hall–Kier alpha value is 0.180. The van der Waals surface area contributed by atoms with Gasteiger partial charge in [-0.2, -0.15) is 0 Å². The van der Waals surface area contributed by atoms with Crippen LogP contribution in [0.1, 0.15) is 31.7 Å². The molecule has 16 heavy (non-hydrogen) atoms. The molecular formula is C14H18Br2. The Bertz CT molecular complexity index is 331. The molecule has 88 valence electrons. The largest absolute Gasteiger partial charge is 0.0884 e. The predicted octanol–water partition coefficient (Wildman–Crippen LogP) is 5.19. The summed E-state index contributed by atoms with van der Waals surface area (Å²) in [5, 5.41) is 0. The van der Waals surface area contributed by atoms with Crippen molar-refractivity contribution in [2.45, 2.75) is 37.4 Å². The van der Waals surface area contributed by atoms with Gasteiger partial charge in [0.25, 0.3) is 0 Å². The first-order valence-electron chi connectivity index (χ1n) is 6.05. The van der Waals surface area contributed by atoms with E-state index in [-0.39, 0.29) is 0 Å². The summed E-state index contributed by atoms with van der Waals surface area (Å²) in [6, 6.07) is 8.70. The van der Waals surface area contributed by atoms with Crippen molar-refractivity contribution in [2.24, 2.45) is 11.8 Å². The molecule has 1 aliphatic rings. The second-order valence-electron chi connectivity index (χ2n) is 4.92. The van der Waals surface area contributed by atoms with Crippen LogP contribution < -0.4 is 0 Å². The van der Waals surface area contributed by atoms with Gasteiger partial charge in [0, 0.05) is 9.30 Å². The van der Waals surface area contributed by atoms with Crippen LogP contribution in [0.25, 0.3) is 0 Å². The van der Waals surface area contributed by atoms with Gasteiger partial charge in [0.05, 0.1) is 0 Å². The summed E-state index contributed by atoms with van der Waals surface area (Å²) >= 11 is 7.36. The zero-order valence-corrected chi connectivity index (χ0v) is 12.8. The van der Waals surface area contributed by atoms with Gasteiger partial charge in [0.1, 0.15) is 0 Å². The van der Waals surface area contributed by atoms with Gasteiger partial charge in [-0.1, -0.05) is 63.8 Å². The molecule has 3 unspecified atom stereocenters. The van der Waals surface area contributed by atoms with Crippen molar-refractivity contribution >= 4 is 31.9 Å². The lowest BCUT2D eigenvalue weighted by Crippen LogP contribution is -2.19. The average molecular weight is 346 g/mol. The number of rotatable bonds is 3. The van der Waals surface area contributed by atoms with E-state index in [1.807, 2.05) is 0 Å². The second-order valence-corrected chi connectivity index (χ2v) is 7.01. The van der Waals surface area contributed by atoms with E-state index in [0.717, 1.165) is 22.7 Å². The first-order valence-corrected chi connectivity index (χ1v) is 7.76. The van der Waals surface area contributed by atoms with Crippen LogP contribution in [-0.4, -0.2) is 4.83 Å². The first kappa shape index (κ1) is 12.6. The predicted molar refractivity (Wildman–Crippen MR) is 77.1 cm³/mol. The van der Waals surface area contributed by atoms with Gasteiger partial charge in [0.2, 0.25) is 0 Å². The molecule has 3 atom stereocenters. The summed E-state index contributed by atoms with van der Waals surface area (Å²) in [6.07, 6.45) is 5.37. The van der Waals surface area contributed by atoms with Gasteiger partial charge in [-0.3, -0.25) is 0 Å². The quantitative estimate of drug-likeness (QED) is 0.661. The highest BCUT2D eigenvalue weighted by molar-refractivity contribution is 9.10. The molecule has 0 saturated heterocycles. The molecule has 0 spiro atoms. The summed E-state index contributed by atoms with van der Waals surface area (Å²) in [5.41, 5.74) is 1.43. The molecule has 0 aliphatic heterocycles. The summed E-state index contributed by atoms with van der Waals surface area (Å²) in [6.45, 7) is 2.40. The van der Waals surface area contributed by atoms with Crippen LogP contribution in [-0.2, 0) is 6.42 Å². The lowest BCUT2D eigenvalue weighted by atomic mass is 9.91. The molecule has 2 rings (SSSR count). The maximum atomic E-state index is 3.89. The van der Waals surface area contributed by atoms with Gasteiger partial charge in [-0.15, -0.1) is 0 Å². The van der Waals surface area contributed by atoms with Crippen LogP contribution in [0.5, 0.6) is 0 Å². The molecular weight excluding hydrogens is 328 g/mol. The molecule has 0 nitrogen and oxygen atoms in total. The first-order chi connectivity index (χ1) is 7.66. The highest BCUT2D eigenvalue weighted by Gasteiger charge is 2.29. The van der Waals surface area contributed by atoms with Crippen LogP contribution in [0.2, 0.25) is 0 Å². The van der Waals surface area contributed by atoms with Crippen molar-refractivity contribution in [2.75, 3.05) is 0 Å². The Morgan fingerprint density at radius 1 is 1.25 bits per heavy atom. The molecule has 1 aromatic rings. The molecule has 0 N–H and O–H groups in total. The lowest BCUT2D eigenvalue weighted by molar-refractivity contribution is 0.407. The lowest BCUT2D eigenvalue weighted by Gasteiger charge is -2.21. The van der Waals surface area contributed by atoms with E-state index < -0.39 is 0 Å². The molecule has 1 fully saturated rings. The highest BCUT2D eigenvalue weighted by Crippen LogP contribution is 2.37. The zero-order valence-electron chi connectivity index (χ0n) is 9.63. The molecule has 0 radical (unpaired) electrons. The zero-order chi connectivity index (χ0) is 11.5. The fourth-order valence-electron chi connectivity index (χ4n) is 2.71. The van der Waals surface area contributed by atoms with Crippen molar-refractivity contribution in [3.05, 3.63) is 34.3 Å². The van der Waals surface area contributed by atoms with E-state index in [1.54, 1.807) is 0 Å². The minimum absolute atomic E-state index is 0.645. The van der Waals surface area contributed by atoms with E-state index in [9.17, 15) is 0 Å². The fraction of sp³-hybridized carbons (Fsp3) is 0.571. The van der Waals surface area contributed by atoms with Crippen molar-refractivity contribution < 1.29 is 0 Å². The molecule has 1 aromatic carbocycles. The summed E-state index contributed by atoms with van der Waals surface area (Å²) in [7, 11) is 0. The summed E-state index contributed by atoms with van der Waals surface area (Å²) < 4.78 is 1.16. The van der Waals surface area contributed by atoms with Crippen LogP contribution in [0.4, 0.5) is 0 Å². The monoisotopic (exact) mass is 344 g/mol. The maximum absolute atomic E-state index is 3.89. The fourth-order valence-corrected chi connectivity index (χ4v) is 4.13. The van der Waals surface area contributed by atoms with Crippen molar-refractivity contribution in [1.29, 1.82) is 0 Å². The number of alkyl halides is 1. The Morgan fingerprint density at radius 2 is 1.94 bits per heavy atom. The van der Waals surface area contributed by atoms with Crippen molar-refractivity contribution in [3.8, 4) is 0 Å². The average Bonchev–Trinajstić information content (AvgIpc) is 2.68. The van der Waals surface area contributed by atoms with E-state index in [2.05, 4.69) is 63.0 Å². The number of hydrogen-bond acceptors (Lipinski definition) is 0. The Labute approximate surface area is 115 Å².